The largest absolute Gasteiger partial charge is 0.368 e. The molecule has 6 heteroatoms. The maximum atomic E-state index is 5.35. The number of aromatic nitrogens is 3. The third-order valence-corrected chi connectivity index (χ3v) is 1.09. The van der Waals surface area contributed by atoms with Gasteiger partial charge in [0.1, 0.15) is 0 Å². The van der Waals surface area contributed by atoms with Crippen LogP contribution in [0.2, 0.25) is 0 Å². The van der Waals surface area contributed by atoms with E-state index in [1.807, 2.05) is 13.8 Å². The van der Waals surface area contributed by atoms with Crippen LogP contribution >= 0.6 is 0 Å². The number of hydrogen-bond donors (Lipinski definition) is 3. The normalized spacial score (nSPS) is 10.2. The molecule has 0 aliphatic carbocycles. The van der Waals surface area contributed by atoms with Crippen molar-refractivity contribution in [2.24, 2.45) is 0 Å². The molecule has 0 saturated heterocycles. The standard InChI is InChI=1S/C6H12N6/c1-3(2)9-6-11-4(7)10-5(8)12-6/h3H,1-2H3,(H5,7,8,9,10,11,12). The van der Waals surface area contributed by atoms with Gasteiger partial charge in [0.05, 0.1) is 0 Å². The summed E-state index contributed by atoms with van der Waals surface area (Å²) in [4.78, 5) is 11.3. The summed E-state index contributed by atoms with van der Waals surface area (Å²) < 4.78 is 0. The van der Waals surface area contributed by atoms with Crippen molar-refractivity contribution in [1.82, 2.24) is 15.0 Å². The van der Waals surface area contributed by atoms with Gasteiger partial charge in [0.2, 0.25) is 17.8 Å². The molecule has 5 N–H and O–H groups in total. The van der Waals surface area contributed by atoms with Gasteiger partial charge >= 0.3 is 0 Å². The minimum atomic E-state index is 0.130. The molecule has 0 aliphatic rings. The topological polar surface area (TPSA) is 103 Å². The molecule has 6 nitrogen and oxygen atoms in total. The number of hydrogen-bond acceptors (Lipinski definition) is 6. The van der Waals surface area contributed by atoms with E-state index < -0.39 is 0 Å². The fourth-order valence-corrected chi connectivity index (χ4v) is 0.732. The summed E-state index contributed by atoms with van der Waals surface area (Å²) in [5, 5.41) is 2.96. The molecule has 1 aromatic heterocycles. The SMILES string of the molecule is CC(C)Nc1nc(N)nc(N)n1. The fourth-order valence-electron chi connectivity index (χ4n) is 0.732. The molecular formula is C6H12N6. The van der Waals surface area contributed by atoms with Gasteiger partial charge in [-0.1, -0.05) is 0 Å². The van der Waals surface area contributed by atoms with Gasteiger partial charge in [-0.05, 0) is 13.8 Å². The molecule has 0 amide bonds. The summed E-state index contributed by atoms with van der Waals surface area (Å²) in [6.07, 6.45) is 0. The highest BCUT2D eigenvalue weighted by molar-refractivity contribution is 5.37. The molecule has 66 valence electrons. The maximum Gasteiger partial charge on any atom is 0.229 e. The summed E-state index contributed by atoms with van der Waals surface area (Å²) >= 11 is 0. The minimum absolute atomic E-state index is 0.130. The Balaban J connectivity index is 2.85. The molecule has 0 spiro atoms. The summed E-state index contributed by atoms with van der Waals surface area (Å²) in [5.41, 5.74) is 10.7. The highest BCUT2D eigenvalue weighted by atomic mass is 15.2. The molecule has 0 saturated carbocycles. The minimum Gasteiger partial charge on any atom is -0.368 e. The lowest BCUT2D eigenvalue weighted by Crippen LogP contribution is -2.15. The number of nitrogen functional groups attached to an aromatic ring is 2. The molecule has 1 rings (SSSR count). The average Bonchev–Trinajstić information content (AvgIpc) is 1.81. The van der Waals surface area contributed by atoms with Gasteiger partial charge in [-0.3, -0.25) is 0 Å². The molecule has 0 aromatic carbocycles. The Morgan fingerprint density at radius 3 is 2.00 bits per heavy atom. The Bertz CT molecular complexity index is 250. The van der Waals surface area contributed by atoms with Crippen molar-refractivity contribution in [3.63, 3.8) is 0 Å². The Morgan fingerprint density at radius 2 is 1.58 bits per heavy atom. The fraction of sp³-hybridized carbons (Fsp3) is 0.500. The van der Waals surface area contributed by atoms with Gasteiger partial charge in [0.25, 0.3) is 0 Å². The van der Waals surface area contributed by atoms with Gasteiger partial charge in [-0.25, -0.2) is 0 Å². The molecule has 0 atom stereocenters. The van der Waals surface area contributed by atoms with Crippen LogP contribution in [-0.4, -0.2) is 21.0 Å². The summed E-state index contributed by atoms with van der Waals surface area (Å²) in [6.45, 7) is 3.94. The molecule has 12 heavy (non-hydrogen) atoms. The molecular weight excluding hydrogens is 156 g/mol. The Kier molecular flexibility index (Phi) is 2.27. The van der Waals surface area contributed by atoms with Gasteiger partial charge in [-0.15, -0.1) is 0 Å². The van der Waals surface area contributed by atoms with Crippen molar-refractivity contribution in [2.75, 3.05) is 16.8 Å². The van der Waals surface area contributed by atoms with Gasteiger partial charge in [0.15, 0.2) is 0 Å². The maximum absolute atomic E-state index is 5.35. The van der Waals surface area contributed by atoms with E-state index in [1.54, 1.807) is 0 Å². The van der Waals surface area contributed by atoms with Crippen LogP contribution in [0.15, 0.2) is 0 Å². The monoisotopic (exact) mass is 168 g/mol. The second kappa shape index (κ2) is 3.21. The van der Waals surface area contributed by atoms with Gasteiger partial charge < -0.3 is 16.8 Å². The Morgan fingerprint density at radius 1 is 1.08 bits per heavy atom. The second-order valence-corrected chi connectivity index (χ2v) is 2.67. The van der Waals surface area contributed by atoms with Crippen LogP contribution in [0.3, 0.4) is 0 Å². The first kappa shape index (κ1) is 8.51. The molecule has 0 unspecified atom stereocenters. The van der Waals surface area contributed by atoms with Crippen molar-refractivity contribution >= 4 is 17.8 Å². The quantitative estimate of drug-likeness (QED) is 0.567. The number of nitrogens with one attached hydrogen (secondary N) is 1. The third-order valence-electron chi connectivity index (χ3n) is 1.09. The zero-order valence-electron chi connectivity index (χ0n) is 7.07. The lowest BCUT2D eigenvalue weighted by molar-refractivity contribution is 0.871. The molecule has 0 radical (unpaired) electrons. The first-order valence-electron chi connectivity index (χ1n) is 3.61. The molecule has 0 fully saturated rings. The third kappa shape index (κ3) is 2.22. The van der Waals surface area contributed by atoms with E-state index in [1.165, 1.54) is 0 Å². The van der Waals surface area contributed by atoms with E-state index in [9.17, 15) is 0 Å². The predicted molar refractivity (Wildman–Crippen MR) is 47.4 cm³/mol. The number of rotatable bonds is 2. The second-order valence-electron chi connectivity index (χ2n) is 2.67. The van der Waals surface area contributed by atoms with Crippen molar-refractivity contribution < 1.29 is 0 Å². The van der Waals surface area contributed by atoms with Crippen molar-refractivity contribution in [3.05, 3.63) is 0 Å². The lowest BCUT2D eigenvalue weighted by Gasteiger charge is -2.07. The molecule has 1 aromatic rings. The van der Waals surface area contributed by atoms with Crippen LogP contribution < -0.4 is 16.8 Å². The zero-order chi connectivity index (χ0) is 9.14. The van der Waals surface area contributed by atoms with Crippen LogP contribution in [0.1, 0.15) is 13.8 Å². The predicted octanol–water partition coefficient (Wildman–Crippen LogP) is -0.144. The zero-order valence-corrected chi connectivity index (χ0v) is 7.07. The number of nitrogens with zero attached hydrogens (tertiary/aromatic N) is 3. The van der Waals surface area contributed by atoms with Crippen molar-refractivity contribution in [2.45, 2.75) is 19.9 Å². The number of nitrogens with two attached hydrogens (primary N) is 2. The highest BCUT2D eigenvalue weighted by Crippen LogP contribution is 2.04. The van der Waals surface area contributed by atoms with Crippen LogP contribution in [0.25, 0.3) is 0 Å². The van der Waals surface area contributed by atoms with Crippen LogP contribution in [0.4, 0.5) is 17.8 Å². The summed E-state index contributed by atoms with van der Waals surface area (Å²) in [5.74, 6) is 0.673. The van der Waals surface area contributed by atoms with Crippen LogP contribution in [0.5, 0.6) is 0 Å². The van der Waals surface area contributed by atoms with Crippen molar-refractivity contribution in [1.29, 1.82) is 0 Å². The lowest BCUT2D eigenvalue weighted by atomic mass is 10.4. The summed E-state index contributed by atoms with van der Waals surface area (Å²) in [6, 6.07) is 0.242. The smallest absolute Gasteiger partial charge is 0.229 e. The van der Waals surface area contributed by atoms with Gasteiger partial charge in [-0.2, -0.15) is 15.0 Å². The van der Waals surface area contributed by atoms with E-state index in [2.05, 4.69) is 20.3 Å². The van der Waals surface area contributed by atoms with E-state index >= 15 is 0 Å². The van der Waals surface area contributed by atoms with E-state index in [4.69, 9.17) is 11.5 Å². The Labute approximate surface area is 70.4 Å². The number of anilines is 3. The Hall–Kier alpha value is -1.59. The van der Waals surface area contributed by atoms with E-state index in [-0.39, 0.29) is 17.9 Å². The average molecular weight is 168 g/mol. The van der Waals surface area contributed by atoms with E-state index in [0.717, 1.165) is 0 Å². The molecule has 0 bridgehead atoms. The van der Waals surface area contributed by atoms with Crippen LogP contribution in [0, 0.1) is 0 Å². The summed E-state index contributed by atoms with van der Waals surface area (Å²) in [7, 11) is 0. The van der Waals surface area contributed by atoms with Crippen molar-refractivity contribution in [3.8, 4) is 0 Å². The first-order chi connectivity index (χ1) is 5.58. The molecule has 0 aliphatic heterocycles. The highest BCUT2D eigenvalue weighted by Gasteiger charge is 2.01. The molecule has 1 heterocycles. The van der Waals surface area contributed by atoms with Gasteiger partial charge in [0, 0.05) is 6.04 Å². The van der Waals surface area contributed by atoms with E-state index in [0.29, 0.717) is 5.95 Å². The first-order valence-corrected chi connectivity index (χ1v) is 3.61. The van der Waals surface area contributed by atoms with Crippen LogP contribution in [-0.2, 0) is 0 Å².